The number of pyridine rings is 1. The van der Waals surface area contributed by atoms with Crippen molar-refractivity contribution in [3.63, 3.8) is 0 Å². The molecule has 18 heavy (non-hydrogen) atoms. The largest absolute Gasteiger partial charge is 0.454 e. The van der Waals surface area contributed by atoms with Gasteiger partial charge in [0.2, 0.25) is 6.79 Å². The maximum absolute atomic E-state index is 10.4. The third kappa shape index (κ3) is 1.80. The van der Waals surface area contributed by atoms with Gasteiger partial charge in [0.1, 0.15) is 6.10 Å². The van der Waals surface area contributed by atoms with E-state index in [1.807, 2.05) is 25.1 Å². The van der Waals surface area contributed by atoms with Crippen molar-refractivity contribution in [3.8, 4) is 11.5 Å². The Morgan fingerprint density at radius 1 is 1.22 bits per heavy atom. The number of aliphatic hydroxyl groups excluding tert-OH is 1. The average molecular weight is 243 g/mol. The molecule has 3 rings (SSSR count). The molecule has 0 fully saturated rings. The summed E-state index contributed by atoms with van der Waals surface area (Å²) in [7, 11) is 0. The summed E-state index contributed by atoms with van der Waals surface area (Å²) in [6.07, 6.45) is 2.70. The van der Waals surface area contributed by atoms with Gasteiger partial charge in [0, 0.05) is 18.0 Å². The lowest BCUT2D eigenvalue weighted by molar-refractivity contribution is 0.173. The number of aryl methyl sites for hydroxylation is 1. The second kappa shape index (κ2) is 4.31. The first-order valence-corrected chi connectivity index (χ1v) is 5.74. The topological polar surface area (TPSA) is 51.6 Å². The number of nitrogens with zero attached hydrogens (tertiary/aromatic N) is 1. The zero-order valence-electron chi connectivity index (χ0n) is 9.96. The second-order valence-corrected chi connectivity index (χ2v) is 4.25. The normalized spacial score (nSPS) is 14.6. The molecule has 1 aliphatic rings. The number of hydrogen-bond donors (Lipinski definition) is 1. The van der Waals surface area contributed by atoms with Gasteiger partial charge in [-0.15, -0.1) is 0 Å². The van der Waals surface area contributed by atoms with Crippen LogP contribution in [0.2, 0.25) is 0 Å². The standard InChI is InChI=1S/C14H13NO3/c1-9-4-5-15-7-11(9)14(16)10-2-3-12-13(6-10)18-8-17-12/h2-7,14,16H,8H2,1H3. The molecule has 0 saturated carbocycles. The SMILES string of the molecule is Cc1ccncc1C(O)c1ccc2c(c1)OCO2. The monoisotopic (exact) mass is 243 g/mol. The second-order valence-electron chi connectivity index (χ2n) is 4.25. The van der Waals surface area contributed by atoms with Crippen LogP contribution in [0.4, 0.5) is 0 Å². The molecule has 4 nitrogen and oxygen atoms in total. The molecule has 1 N–H and O–H groups in total. The van der Waals surface area contributed by atoms with E-state index < -0.39 is 6.10 Å². The highest BCUT2D eigenvalue weighted by atomic mass is 16.7. The number of aliphatic hydroxyl groups is 1. The molecule has 0 spiro atoms. The van der Waals surface area contributed by atoms with Gasteiger partial charge >= 0.3 is 0 Å². The molecular formula is C14H13NO3. The van der Waals surface area contributed by atoms with Crippen molar-refractivity contribution >= 4 is 0 Å². The van der Waals surface area contributed by atoms with E-state index in [1.165, 1.54) is 0 Å². The van der Waals surface area contributed by atoms with Crippen molar-refractivity contribution in [2.24, 2.45) is 0 Å². The Labute approximate surface area is 105 Å². The number of ether oxygens (including phenoxy) is 2. The van der Waals surface area contributed by atoms with Crippen LogP contribution in [0, 0.1) is 6.92 Å². The van der Waals surface area contributed by atoms with Gasteiger partial charge < -0.3 is 14.6 Å². The quantitative estimate of drug-likeness (QED) is 0.878. The molecule has 0 aliphatic carbocycles. The molecule has 1 aromatic heterocycles. The predicted octanol–water partition coefficient (Wildman–Crippen LogP) is 2.20. The molecule has 92 valence electrons. The van der Waals surface area contributed by atoms with Crippen LogP contribution in [0.3, 0.4) is 0 Å². The van der Waals surface area contributed by atoms with E-state index in [9.17, 15) is 5.11 Å². The minimum atomic E-state index is -0.701. The molecule has 4 heteroatoms. The summed E-state index contributed by atoms with van der Waals surface area (Å²) >= 11 is 0. The van der Waals surface area contributed by atoms with E-state index in [0.717, 1.165) is 16.7 Å². The van der Waals surface area contributed by atoms with Gasteiger partial charge in [0.05, 0.1) is 0 Å². The zero-order valence-corrected chi connectivity index (χ0v) is 9.96. The summed E-state index contributed by atoms with van der Waals surface area (Å²) in [4.78, 5) is 4.05. The van der Waals surface area contributed by atoms with E-state index in [0.29, 0.717) is 11.5 Å². The Morgan fingerprint density at radius 2 is 2.06 bits per heavy atom. The van der Waals surface area contributed by atoms with E-state index in [-0.39, 0.29) is 6.79 Å². The number of benzene rings is 1. The highest BCUT2D eigenvalue weighted by molar-refractivity contribution is 5.47. The summed E-state index contributed by atoms with van der Waals surface area (Å²) < 4.78 is 10.6. The third-order valence-electron chi connectivity index (χ3n) is 3.09. The molecule has 1 aromatic carbocycles. The lowest BCUT2D eigenvalue weighted by Gasteiger charge is -2.13. The van der Waals surface area contributed by atoms with Crippen LogP contribution in [0.25, 0.3) is 0 Å². The van der Waals surface area contributed by atoms with Crippen molar-refractivity contribution in [1.82, 2.24) is 4.98 Å². The molecule has 0 bridgehead atoms. The van der Waals surface area contributed by atoms with Gasteiger partial charge in [-0.2, -0.15) is 0 Å². The van der Waals surface area contributed by atoms with Crippen LogP contribution in [0.1, 0.15) is 22.8 Å². The number of hydrogen-bond acceptors (Lipinski definition) is 4. The highest BCUT2D eigenvalue weighted by Gasteiger charge is 2.18. The smallest absolute Gasteiger partial charge is 0.231 e. The van der Waals surface area contributed by atoms with E-state index in [1.54, 1.807) is 18.5 Å². The van der Waals surface area contributed by atoms with Gasteiger partial charge in [-0.1, -0.05) is 6.07 Å². The molecule has 0 saturated heterocycles. The van der Waals surface area contributed by atoms with Gasteiger partial charge in [0.25, 0.3) is 0 Å². The first-order chi connectivity index (χ1) is 8.75. The summed E-state index contributed by atoms with van der Waals surface area (Å²) in [5, 5.41) is 10.4. The van der Waals surface area contributed by atoms with Crippen LogP contribution < -0.4 is 9.47 Å². The van der Waals surface area contributed by atoms with E-state index in [4.69, 9.17) is 9.47 Å². The molecule has 1 atom stereocenters. The van der Waals surface area contributed by atoms with Crippen molar-refractivity contribution in [2.75, 3.05) is 6.79 Å². The Kier molecular flexibility index (Phi) is 2.64. The van der Waals surface area contributed by atoms with Crippen molar-refractivity contribution in [1.29, 1.82) is 0 Å². The zero-order chi connectivity index (χ0) is 12.5. The van der Waals surface area contributed by atoms with Gasteiger partial charge in [-0.3, -0.25) is 4.98 Å². The minimum absolute atomic E-state index is 0.237. The Hall–Kier alpha value is -2.07. The number of aromatic nitrogens is 1. The number of rotatable bonds is 2. The van der Waals surface area contributed by atoms with Crippen molar-refractivity contribution in [2.45, 2.75) is 13.0 Å². The third-order valence-corrected chi connectivity index (χ3v) is 3.09. The Bertz CT molecular complexity index is 583. The van der Waals surface area contributed by atoms with Crippen LogP contribution in [0.15, 0.2) is 36.7 Å². The Balaban J connectivity index is 1.98. The van der Waals surface area contributed by atoms with Crippen LogP contribution in [-0.4, -0.2) is 16.9 Å². The van der Waals surface area contributed by atoms with Crippen molar-refractivity contribution in [3.05, 3.63) is 53.3 Å². The minimum Gasteiger partial charge on any atom is -0.454 e. The van der Waals surface area contributed by atoms with Crippen LogP contribution in [-0.2, 0) is 0 Å². The maximum Gasteiger partial charge on any atom is 0.231 e. The lowest BCUT2D eigenvalue weighted by atomic mass is 9.99. The van der Waals surface area contributed by atoms with E-state index >= 15 is 0 Å². The number of fused-ring (bicyclic) bond motifs is 1. The van der Waals surface area contributed by atoms with Gasteiger partial charge in [0.15, 0.2) is 11.5 Å². The molecule has 1 aliphatic heterocycles. The molecule has 2 aromatic rings. The molecule has 2 heterocycles. The predicted molar refractivity (Wildman–Crippen MR) is 65.6 cm³/mol. The fourth-order valence-electron chi connectivity index (χ4n) is 2.03. The molecule has 0 amide bonds. The van der Waals surface area contributed by atoms with Gasteiger partial charge in [-0.05, 0) is 36.2 Å². The Morgan fingerprint density at radius 3 is 2.89 bits per heavy atom. The summed E-state index contributed by atoms with van der Waals surface area (Å²) in [5.41, 5.74) is 2.59. The summed E-state index contributed by atoms with van der Waals surface area (Å²) in [6.45, 7) is 2.19. The van der Waals surface area contributed by atoms with Crippen molar-refractivity contribution < 1.29 is 14.6 Å². The van der Waals surface area contributed by atoms with Crippen LogP contribution in [0.5, 0.6) is 11.5 Å². The average Bonchev–Trinajstić information content (AvgIpc) is 2.85. The first-order valence-electron chi connectivity index (χ1n) is 5.74. The first kappa shape index (κ1) is 11.0. The molecule has 0 radical (unpaired) electrons. The van der Waals surface area contributed by atoms with Gasteiger partial charge in [-0.25, -0.2) is 0 Å². The lowest BCUT2D eigenvalue weighted by Crippen LogP contribution is -2.02. The fraction of sp³-hybridized carbons (Fsp3) is 0.214. The maximum atomic E-state index is 10.4. The van der Waals surface area contributed by atoms with E-state index in [2.05, 4.69) is 4.98 Å². The fourth-order valence-corrected chi connectivity index (χ4v) is 2.03. The van der Waals surface area contributed by atoms with Crippen LogP contribution >= 0.6 is 0 Å². The molecule has 1 unspecified atom stereocenters. The summed E-state index contributed by atoms with van der Waals surface area (Å²) in [6, 6.07) is 7.34. The summed E-state index contributed by atoms with van der Waals surface area (Å²) in [5.74, 6) is 1.39. The highest BCUT2D eigenvalue weighted by Crippen LogP contribution is 2.35. The molecular weight excluding hydrogens is 230 g/mol.